The molecule has 0 aliphatic carbocycles. The van der Waals surface area contributed by atoms with Gasteiger partial charge in [0.05, 0.1) is 0 Å². The zero-order chi connectivity index (χ0) is 12.7. The molecule has 0 heterocycles. The van der Waals surface area contributed by atoms with E-state index in [0.29, 0.717) is 18.4 Å². The van der Waals surface area contributed by atoms with E-state index in [-0.39, 0.29) is 5.91 Å². The molecule has 2 atom stereocenters. The van der Waals surface area contributed by atoms with Crippen LogP contribution < -0.4 is 5.32 Å². The Bertz CT molecular complexity index is 358. The molecule has 17 heavy (non-hydrogen) atoms. The van der Waals surface area contributed by atoms with Gasteiger partial charge in [0, 0.05) is 13.5 Å². The van der Waals surface area contributed by atoms with Gasteiger partial charge < -0.3 is 5.32 Å². The zero-order valence-corrected chi connectivity index (χ0v) is 10.6. The first-order valence-electron chi connectivity index (χ1n) is 6.05. The molecular formula is C15H21NO. The van der Waals surface area contributed by atoms with Crippen molar-refractivity contribution in [1.29, 1.82) is 0 Å². The molecule has 0 saturated carbocycles. The average Bonchev–Trinajstić information content (AvgIpc) is 2.34. The molecule has 1 aromatic carbocycles. The minimum atomic E-state index is 0.0299. The SMILES string of the molecule is C=CCC(c1ccccc1)C(C)CNC(C)=O. The number of benzene rings is 1. The summed E-state index contributed by atoms with van der Waals surface area (Å²) in [6, 6.07) is 10.4. The first-order chi connectivity index (χ1) is 8.15. The molecule has 0 bridgehead atoms. The van der Waals surface area contributed by atoms with Gasteiger partial charge in [0.1, 0.15) is 0 Å². The lowest BCUT2D eigenvalue weighted by Crippen LogP contribution is -2.28. The molecule has 1 N–H and O–H groups in total. The third-order valence-electron chi connectivity index (χ3n) is 3.01. The predicted octanol–water partition coefficient (Wildman–Crippen LogP) is 3.12. The van der Waals surface area contributed by atoms with Crippen LogP contribution in [0.5, 0.6) is 0 Å². The second kappa shape index (κ2) is 6.89. The molecule has 0 radical (unpaired) electrons. The largest absolute Gasteiger partial charge is 0.356 e. The van der Waals surface area contributed by atoms with Gasteiger partial charge in [-0.2, -0.15) is 0 Å². The predicted molar refractivity (Wildman–Crippen MR) is 71.8 cm³/mol. The normalized spacial score (nSPS) is 13.8. The van der Waals surface area contributed by atoms with Crippen molar-refractivity contribution < 1.29 is 4.79 Å². The third-order valence-corrected chi connectivity index (χ3v) is 3.01. The third kappa shape index (κ3) is 4.43. The van der Waals surface area contributed by atoms with Crippen molar-refractivity contribution in [1.82, 2.24) is 5.32 Å². The number of carbonyl (C=O) groups is 1. The van der Waals surface area contributed by atoms with Crippen LogP contribution in [-0.4, -0.2) is 12.5 Å². The van der Waals surface area contributed by atoms with E-state index in [4.69, 9.17) is 0 Å². The van der Waals surface area contributed by atoms with Crippen LogP contribution in [0.2, 0.25) is 0 Å². The van der Waals surface area contributed by atoms with Crippen LogP contribution in [-0.2, 0) is 4.79 Å². The quantitative estimate of drug-likeness (QED) is 0.749. The smallest absolute Gasteiger partial charge is 0.216 e. The van der Waals surface area contributed by atoms with Crippen LogP contribution in [0.25, 0.3) is 0 Å². The summed E-state index contributed by atoms with van der Waals surface area (Å²) >= 11 is 0. The van der Waals surface area contributed by atoms with Crippen molar-refractivity contribution in [2.24, 2.45) is 5.92 Å². The van der Waals surface area contributed by atoms with E-state index in [1.807, 2.05) is 12.1 Å². The van der Waals surface area contributed by atoms with E-state index in [1.165, 1.54) is 5.56 Å². The van der Waals surface area contributed by atoms with Crippen LogP contribution in [0.3, 0.4) is 0 Å². The molecule has 2 heteroatoms. The van der Waals surface area contributed by atoms with Gasteiger partial charge in [-0.15, -0.1) is 6.58 Å². The number of allylic oxidation sites excluding steroid dienone is 1. The zero-order valence-electron chi connectivity index (χ0n) is 10.6. The first-order valence-corrected chi connectivity index (χ1v) is 6.05. The summed E-state index contributed by atoms with van der Waals surface area (Å²) in [6.45, 7) is 8.24. The molecule has 0 spiro atoms. The molecule has 1 rings (SSSR count). The van der Waals surface area contributed by atoms with Crippen molar-refractivity contribution in [3.63, 3.8) is 0 Å². The van der Waals surface area contributed by atoms with E-state index >= 15 is 0 Å². The minimum Gasteiger partial charge on any atom is -0.356 e. The molecule has 2 nitrogen and oxygen atoms in total. The molecule has 92 valence electrons. The number of hydrogen-bond acceptors (Lipinski definition) is 1. The van der Waals surface area contributed by atoms with Crippen molar-refractivity contribution in [2.75, 3.05) is 6.54 Å². The topological polar surface area (TPSA) is 29.1 Å². The molecule has 1 aromatic rings. The monoisotopic (exact) mass is 231 g/mol. The van der Waals surface area contributed by atoms with Gasteiger partial charge in [0.2, 0.25) is 5.91 Å². The number of hydrogen-bond donors (Lipinski definition) is 1. The van der Waals surface area contributed by atoms with Gasteiger partial charge in [-0.3, -0.25) is 4.79 Å². The molecule has 0 aliphatic heterocycles. The van der Waals surface area contributed by atoms with Crippen LogP contribution in [0.15, 0.2) is 43.0 Å². The lowest BCUT2D eigenvalue weighted by atomic mass is 9.84. The summed E-state index contributed by atoms with van der Waals surface area (Å²) in [6.07, 6.45) is 2.88. The Morgan fingerprint density at radius 3 is 2.59 bits per heavy atom. The molecule has 0 aromatic heterocycles. The van der Waals surface area contributed by atoms with Crippen molar-refractivity contribution in [3.8, 4) is 0 Å². The second-order valence-corrected chi connectivity index (χ2v) is 4.46. The molecule has 1 amide bonds. The Kier molecular flexibility index (Phi) is 5.47. The molecule has 0 fully saturated rings. The lowest BCUT2D eigenvalue weighted by Gasteiger charge is -2.23. The summed E-state index contributed by atoms with van der Waals surface area (Å²) in [5.74, 6) is 0.849. The highest BCUT2D eigenvalue weighted by Crippen LogP contribution is 2.27. The van der Waals surface area contributed by atoms with Gasteiger partial charge >= 0.3 is 0 Å². The highest BCUT2D eigenvalue weighted by molar-refractivity contribution is 5.72. The van der Waals surface area contributed by atoms with Gasteiger partial charge in [-0.05, 0) is 23.8 Å². The van der Waals surface area contributed by atoms with Gasteiger partial charge in [-0.1, -0.05) is 43.3 Å². The maximum atomic E-state index is 10.9. The number of nitrogens with one attached hydrogen (secondary N) is 1. The van der Waals surface area contributed by atoms with Crippen molar-refractivity contribution in [2.45, 2.75) is 26.2 Å². The number of rotatable bonds is 6. The maximum Gasteiger partial charge on any atom is 0.216 e. The fourth-order valence-corrected chi connectivity index (χ4v) is 2.02. The Morgan fingerprint density at radius 1 is 1.41 bits per heavy atom. The van der Waals surface area contributed by atoms with Crippen molar-refractivity contribution >= 4 is 5.91 Å². The summed E-state index contributed by atoms with van der Waals surface area (Å²) in [5.41, 5.74) is 1.31. The van der Waals surface area contributed by atoms with Crippen LogP contribution in [0, 0.1) is 5.92 Å². The Morgan fingerprint density at radius 2 is 2.06 bits per heavy atom. The van der Waals surface area contributed by atoms with Gasteiger partial charge in [-0.25, -0.2) is 0 Å². The fraction of sp³-hybridized carbons (Fsp3) is 0.400. The van der Waals surface area contributed by atoms with E-state index in [1.54, 1.807) is 6.92 Å². The van der Waals surface area contributed by atoms with Gasteiger partial charge in [0.15, 0.2) is 0 Å². The van der Waals surface area contributed by atoms with Gasteiger partial charge in [0.25, 0.3) is 0 Å². The summed E-state index contributed by atoms with van der Waals surface area (Å²) in [7, 11) is 0. The van der Waals surface area contributed by atoms with E-state index in [2.05, 4.69) is 43.1 Å². The van der Waals surface area contributed by atoms with E-state index < -0.39 is 0 Å². The Labute approximate surface area is 104 Å². The second-order valence-electron chi connectivity index (χ2n) is 4.46. The van der Waals surface area contributed by atoms with E-state index in [9.17, 15) is 4.79 Å². The highest BCUT2D eigenvalue weighted by Gasteiger charge is 2.17. The number of amides is 1. The molecular weight excluding hydrogens is 210 g/mol. The highest BCUT2D eigenvalue weighted by atomic mass is 16.1. The summed E-state index contributed by atoms with van der Waals surface area (Å²) in [5, 5.41) is 2.88. The standard InChI is InChI=1S/C15H21NO/c1-4-8-15(12(2)11-16-13(3)17)14-9-6-5-7-10-14/h4-7,9-10,12,15H,1,8,11H2,2-3H3,(H,16,17). The fourth-order valence-electron chi connectivity index (χ4n) is 2.02. The van der Waals surface area contributed by atoms with E-state index in [0.717, 1.165) is 6.42 Å². The summed E-state index contributed by atoms with van der Waals surface area (Å²) < 4.78 is 0. The number of carbonyl (C=O) groups excluding carboxylic acids is 1. The van der Waals surface area contributed by atoms with Crippen LogP contribution >= 0.6 is 0 Å². The lowest BCUT2D eigenvalue weighted by molar-refractivity contribution is -0.119. The first kappa shape index (κ1) is 13.5. The molecule has 0 saturated heterocycles. The average molecular weight is 231 g/mol. The van der Waals surface area contributed by atoms with Crippen LogP contribution in [0.1, 0.15) is 31.7 Å². The molecule has 2 unspecified atom stereocenters. The summed E-state index contributed by atoms with van der Waals surface area (Å²) in [4.78, 5) is 10.9. The Hall–Kier alpha value is -1.57. The minimum absolute atomic E-state index is 0.0299. The molecule has 0 aliphatic rings. The van der Waals surface area contributed by atoms with Crippen LogP contribution in [0.4, 0.5) is 0 Å². The van der Waals surface area contributed by atoms with Crippen molar-refractivity contribution in [3.05, 3.63) is 48.6 Å². The maximum absolute atomic E-state index is 10.9. The Balaban J connectivity index is 2.71.